The van der Waals surface area contributed by atoms with Crippen LogP contribution in [0.3, 0.4) is 0 Å². The Morgan fingerprint density at radius 2 is 2.09 bits per heavy atom. The lowest BCUT2D eigenvalue weighted by molar-refractivity contribution is -0.162. The summed E-state index contributed by atoms with van der Waals surface area (Å²) in [7, 11) is 0. The van der Waals surface area contributed by atoms with Crippen molar-refractivity contribution in [3.63, 3.8) is 0 Å². The molecule has 0 aromatic rings. The van der Waals surface area contributed by atoms with Crippen LogP contribution in [0.1, 0.15) is 53.4 Å². The Morgan fingerprint density at radius 1 is 1.38 bits per heavy atom. The Bertz CT molecular complexity index is 830. The van der Waals surface area contributed by atoms with Crippen molar-refractivity contribution in [3.8, 4) is 0 Å². The lowest BCUT2D eigenvalue weighted by Gasteiger charge is -2.39. The number of carbonyl (C=O) groups is 3. The van der Waals surface area contributed by atoms with Crippen molar-refractivity contribution in [2.24, 2.45) is 17.8 Å². The molecule has 3 heterocycles. The normalized spacial score (nSPS) is 34.6. The molecule has 7 atom stereocenters. The second-order valence-electron chi connectivity index (χ2n) is 10.1. The maximum Gasteiger partial charge on any atom is 0.312 e. The van der Waals surface area contributed by atoms with E-state index in [0.29, 0.717) is 19.4 Å². The highest BCUT2D eigenvalue weighted by molar-refractivity contribution is 5.98. The average molecular weight is 477 g/mol. The van der Waals surface area contributed by atoms with Gasteiger partial charge in [0.05, 0.1) is 24.7 Å². The van der Waals surface area contributed by atoms with Crippen molar-refractivity contribution in [1.29, 1.82) is 0 Å². The molecule has 0 aromatic heterocycles. The number of esters is 1. The maximum absolute atomic E-state index is 14.1. The molecular formula is C26H40N2O6. The second kappa shape index (κ2) is 10.2. The summed E-state index contributed by atoms with van der Waals surface area (Å²) >= 11 is 0. The molecule has 2 amide bonds. The summed E-state index contributed by atoms with van der Waals surface area (Å²) in [6.07, 6.45) is 6.06. The van der Waals surface area contributed by atoms with Crippen molar-refractivity contribution >= 4 is 17.8 Å². The molecule has 3 aliphatic rings. The van der Waals surface area contributed by atoms with Gasteiger partial charge in [-0.3, -0.25) is 14.4 Å². The highest BCUT2D eigenvalue weighted by Gasteiger charge is 2.80. The zero-order valence-electron chi connectivity index (χ0n) is 21.0. The molecule has 0 aliphatic carbocycles. The molecule has 0 radical (unpaired) electrons. The van der Waals surface area contributed by atoms with Crippen molar-refractivity contribution in [2.45, 2.75) is 76.7 Å². The molecule has 3 rings (SSSR count). The zero-order chi connectivity index (χ0) is 25.3. The molecule has 4 unspecified atom stereocenters. The van der Waals surface area contributed by atoms with Crippen LogP contribution in [0.2, 0.25) is 0 Å². The van der Waals surface area contributed by atoms with Gasteiger partial charge in [0.15, 0.2) is 0 Å². The van der Waals surface area contributed by atoms with E-state index >= 15 is 0 Å². The van der Waals surface area contributed by atoms with Crippen LogP contribution in [0, 0.1) is 17.8 Å². The van der Waals surface area contributed by atoms with Crippen LogP contribution >= 0.6 is 0 Å². The van der Waals surface area contributed by atoms with Gasteiger partial charge < -0.3 is 24.4 Å². The number of aliphatic hydroxyl groups excluding tert-OH is 1. The van der Waals surface area contributed by atoms with Crippen LogP contribution < -0.4 is 0 Å². The lowest BCUT2D eigenvalue weighted by Crippen LogP contribution is -2.58. The standard InChI is InChI=1S/C26H40N2O6/c1-7-10-15-33-24(32)20-19-22(30)28(13-14-29)21(26(19)16-17(4)25(20,6)34-26)23(31)27(12-9-3)18(5)11-8-2/h7,9,17-21,29H,1,3,8,10-16H2,2,4-6H3/t17?,18?,19-,20-,21?,25+,26?/m0/s1. The van der Waals surface area contributed by atoms with Crippen LogP contribution in [0.15, 0.2) is 25.3 Å². The largest absolute Gasteiger partial charge is 0.465 e. The molecule has 3 fully saturated rings. The molecule has 3 saturated heterocycles. The van der Waals surface area contributed by atoms with E-state index < -0.39 is 35.0 Å². The van der Waals surface area contributed by atoms with Gasteiger partial charge in [0, 0.05) is 19.1 Å². The van der Waals surface area contributed by atoms with Crippen LogP contribution in [0.5, 0.6) is 0 Å². The summed E-state index contributed by atoms with van der Waals surface area (Å²) in [4.78, 5) is 44.3. The quantitative estimate of drug-likeness (QED) is 0.264. The van der Waals surface area contributed by atoms with Crippen molar-refractivity contribution in [2.75, 3.05) is 26.3 Å². The summed E-state index contributed by atoms with van der Waals surface area (Å²) in [5, 5.41) is 9.75. The number of β-amino-alcohol motifs (C(OH)–C–C–N with tert-alkyl or cyclic N) is 1. The molecule has 0 aromatic carbocycles. The third-order valence-electron chi connectivity index (χ3n) is 8.06. The molecule has 34 heavy (non-hydrogen) atoms. The highest BCUT2D eigenvalue weighted by atomic mass is 16.6. The van der Waals surface area contributed by atoms with E-state index in [1.165, 1.54) is 4.90 Å². The minimum atomic E-state index is -1.13. The first-order chi connectivity index (χ1) is 16.1. The second-order valence-corrected chi connectivity index (χ2v) is 10.1. The third kappa shape index (κ3) is 3.98. The minimum Gasteiger partial charge on any atom is -0.465 e. The predicted molar refractivity (Wildman–Crippen MR) is 128 cm³/mol. The van der Waals surface area contributed by atoms with Gasteiger partial charge >= 0.3 is 5.97 Å². The van der Waals surface area contributed by atoms with Gasteiger partial charge in [-0.15, -0.1) is 13.2 Å². The highest BCUT2D eigenvalue weighted by Crippen LogP contribution is 2.65. The van der Waals surface area contributed by atoms with Crippen LogP contribution in [-0.2, 0) is 23.9 Å². The molecule has 2 bridgehead atoms. The van der Waals surface area contributed by atoms with E-state index in [9.17, 15) is 19.5 Å². The van der Waals surface area contributed by atoms with Gasteiger partial charge in [-0.25, -0.2) is 0 Å². The van der Waals surface area contributed by atoms with Crippen LogP contribution in [-0.4, -0.2) is 82.3 Å². The van der Waals surface area contributed by atoms with E-state index in [2.05, 4.69) is 20.1 Å². The Hall–Kier alpha value is -2.19. The summed E-state index contributed by atoms with van der Waals surface area (Å²) < 4.78 is 12.1. The predicted octanol–water partition coefficient (Wildman–Crippen LogP) is 2.31. The third-order valence-corrected chi connectivity index (χ3v) is 8.06. The Labute approximate surface area is 202 Å². The first kappa shape index (κ1) is 26.4. The van der Waals surface area contributed by atoms with E-state index in [1.54, 1.807) is 17.1 Å². The maximum atomic E-state index is 14.1. The molecule has 1 spiro atoms. The number of carbonyl (C=O) groups excluding carboxylic acids is 3. The molecule has 8 heteroatoms. The summed E-state index contributed by atoms with van der Waals surface area (Å²) in [5.41, 5.74) is -2.04. The van der Waals surface area contributed by atoms with Gasteiger partial charge in [0.2, 0.25) is 11.8 Å². The van der Waals surface area contributed by atoms with Gasteiger partial charge in [0.1, 0.15) is 17.6 Å². The fourth-order valence-corrected chi connectivity index (χ4v) is 6.41. The number of nitrogens with zero attached hydrogens (tertiary/aromatic N) is 2. The number of amides is 2. The monoisotopic (exact) mass is 476 g/mol. The number of likely N-dealkylation sites (tertiary alicyclic amines) is 1. The summed E-state index contributed by atoms with van der Waals surface area (Å²) in [6, 6.07) is -0.963. The van der Waals surface area contributed by atoms with Crippen molar-refractivity contribution < 1.29 is 29.0 Å². The number of hydrogen-bond donors (Lipinski definition) is 1. The van der Waals surface area contributed by atoms with E-state index in [-0.39, 0.29) is 43.5 Å². The molecular weight excluding hydrogens is 436 g/mol. The van der Waals surface area contributed by atoms with Gasteiger partial charge in [-0.05, 0) is 39.0 Å². The first-order valence-corrected chi connectivity index (χ1v) is 12.4. The molecule has 3 aliphatic heterocycles. The first-order valence-electron chi connectivity index (χ1n) is 12.4. The Morgan fingerprint density at radius 3 is 2.68 bits per heavy atom. The van der Waals surface area contributed by atoms with E-state index in [4.69, 9.17) is 9.47 Å². The number of aliphatic hydroxyl groups is 1. The topological polar surface area (TPSA) is 96.4 Å². The van der Waals surface area contributed by atoms with Gasteiger partial charge in [-0.1, -0.05) is 32.4 Å². The molecule has 0 saturated carbocycles. The minimum absolute atomic E-state index is 0.00423. The fourth-order valence-electron chi connectivity index (χ4n) is 6.41. The number of rotatable bonds is 12. The SMILES string of the molecule is C=CCCOC(=O)[C@@H]1[C@H]2C(=O)N(CCO)C(C(=O)N(CC=C)C(C)CCC)C23CC(C)[C@@]1(C)O3. The van der Waals surface area contributed by atoms with E-state index in [0.717, 1.165) is 12.8 Å². The molecule has 190 valence electrons. The Balaban J connectivity index is 2.05. The number of hydrogen-bond acceptors (Lipinski definition) is 6. The zero-order valence-corrected chi connectivity index (χ0v) is 21.0. The summed E-state index contributed by atoms with van der Waals surface area (Å²) in [6.45, 7) is 15.6. The van der Waals surface area contributed by atoms with Crippen LogP contribution in [0.25, 0.3) is 0 Å². The lowest BCUT2D eigenvalue weighted by atomic mass is 9.62. The van der Waals surface area contributed by atoms with Crippen molar-refractivity contribution in [1.82, 2.24) is 9.80 Å². The van der Waals surface area contributed by atoms with Gasteiger partial charge in [0.25, 0.3) is 0 Å². The van der Waals surface area contributed by atoms with E-state index in [1.807, 2.05) is 20.8 Å². The molecule has 1 N–H and O–H groups in total. The smallest absolute Gasteiger partial charge is 0.312 e. The number of ether oxygens (including phenoxy) is 2. The Kier molecular flexibility index (Phi) is 7.92. The summed E-state index contributed by atoms with van der Waals surface area (Å²) in [5.74, 6) is -2.71. The van der Waals surface area contributed by atoms with Gasteiger partial charge in [-0.2, -0.15) is 0 Å². The fraction of sp³-hybridized carbons (Fsp3) is 0.731. The van der Waals surface area contributed by atoms with Crippen molar-refractivity contribution in [3.05, 3.63) is 25.3 Å². The number of fused-ring (bicyclic) bond motifs is 1. The van der Waals surface area contributed by atoms with Crippen LogP contribution in [0.4, 0.5) is 0 Å². The average Bonchev–Trinajstić information content (AvgIpc) is 3.29. The molecule has 8 nitrogen and oxygen atoms in total.